The highest BCUT2D eigenvalue weighted by molar-refractivity contribution is 6.05. The van der Waals surface area contributed by atoms with Gasteiger partial charge in [0.05, 0.1) is 12.0 Å². The lowest BCUT2D eigenvalue weighted by molar-refractivity contribution is -0.123. The topological polar surface area (TPSA) is 112 Å². The lowest BCUT2D eigenvalue weighted by Crippen LogP contribution is -2.44. The molecule has 0 radical (unpaired) electrons. The van der Waals surface area contributed by atoms with Gasteiger partial charge in [0.2, 0.25) is 0 Å². The number of amides is 2. The van der Waals surface area contributed by atoms with E-state index in [1.54, 1.807) is 42.5 Å². The lowest BCUT2D eigenvalue weighted by atomic mass is 10.1. The zero-order valence-electron chi connectivity index (χ0n) is 19.5. The maximum absolute atomic E-state index is 12.8. The number of hydrazine groups is 1. The summed E-state index contributed by atoms with van der Waals surface area (Å²) < 4.78 is 12.5. The van der Waals surface area contributed by atoms with Crippen molar-refractivity contribution in [1.29, 1.82) is 0 Å². The largest absolute Gasteiger partial charge is 0.490 e. The summed E-state index contributed by atoms with van der Waals surface area (Å²) in [6, 6.07) is 13.8. The predicted octanol–water partition coefficient (Wildman–Crippen LogP) is 3.22. The fourth-order valence-electron chi connectivity index (χ4n) is 3.33. The monoisotopic (exact) mass is 466 g/mol. The van der Waals surface area contributed by atoms with E-state index in [-0.39, 0.29) is 17.9 Å². The smallest absolute Gasteiger partial charge is 0.290 e. The van der Waals surface area contributed by atoms with Crippen molar-refractivity contribution in [3.05, 3.63) is 64.6 Å². The third-order valence-electron chi connectivity index (χ3n) is 5.04. The van der Waals surface area contributed by atoms with Crippen molar-refractivity contribution >= 4 is 22.6 Å². The molecule has 0 saturated heterocycles. The Hall–Kier alpha value is -3.88. The zero-order valence-corrected chi connectivity index (χ0v) is 19.5. The number of rotatable bonds is 11. The van der Waals surface area contributed by atoms with Crippen LogP contribution in [0.3, 0.4) is 0 Å². The highest BCUT2D eigenvalue weighted by Gasteiger charge is 2.17. The number of aromatic nitrogens is 2. The summed E-state index contributed by atoms with van der Waals surface area (Å²) in [6.45, 7) is 4.69. The molecule has 0 unspecified atom stereocenters. The third-order valence-corrected chi connectivity index (χ3v) is 5.04. The lowest BCUT2D eigenvalue weighted by Gasteiger charge is -2.13. The highest BCUT2D eigenvalue weighted by atomic mass is 16.5. The number of unbranched alkanes of at least 4 members (excludes halogenated alkanes) is 2. The van der Waals surface area contributed by atoms with Gasteiger partial charge >= 0.3 is 0 Å². The van der Waals surface area contributed by atoms with Crippen LogP contribution in [0.25, 0.3) is 10.8 Å². The van der Waals surface area contributed by atoms with Crippen molar-refractivity contribution in [2.24, 2.45) is 0 Å². The Bertz CT molecular complexity index is 1190. The van der Waals surface area contributed by atoms with Crippen molar-refractivity contribution in [3.8, 4) is 11.5 Å². The molecule has 9 nitrogen and oxygen atoms in total. The van der Waals surface area contributed by atoms with Gasteiger partial charge in [-0.1, -0.05) is 57.0 Å². The number of para-hydroxylation sites is 2. The van der Waals surface area contributed by atoms with Crippen LogP contribution in [0.4, 0.5) is 0 Å². The Morgan fingerprint density at radius 2 is 1.56 bits per heavy atom. The Morgan fingerprint density at radius 1 is 0.882 bits per heavy atom. The molecule has 0 fully saturated rings. The molecule has 3 aromatic rings. The average molecular weight is 467 g/mol. The van der Waals surface area contributed by atoms with Gasteiger partial charge in [0, 0.05) is 11.9 Å². The molecule has 0 bridgehead atoms. The molecule has 1 heterocycles. The van der Waals surface area contributed by atoms with E-state index in [2.05, 4.69) is 22.9 Å². The molecule has 0 saturated carbocycles. The fraction of sp³-hybridized carbons (Fsp3) is 0.360. The van der Waals surface area contributed by atoms with Gasteiger partial charge in [-0.05, 0) is 31.0 Å². The quantitative estimate of drug-likeness (QED) is 0.332. The summed E-state index contributed by atoms with van der Waals surface area (Å²) in [6.07, 6.45) is 3.57. The molecule has 9 heteroatoms. The first-order valence-corrected chi connectivity index (χ1v) is 11.5. The number of ether oxygens (including phenoxy) is 2. The summed E-state index contributed by atoms with van der Waals surface area (Å²) in [5, 5.41) is 5.10. The molecular weight excluding hydrogens is 436 g/mol. The van der Waals surface area contributed by atoms with E-state index >= 15 is 0 Å². The van der Waals surface area contributed by atoms with Crippen molar-refractivity contribution < 1.29 is 19.1 Å². The van der Waals surface area contributed by atoms with Gasteiger partial charge < -0.3 is 9.47 Å². The minimum atomic E-state index is -0.625. The molecule has 0 atom stereocenters. The molecule has 0 spiro atoms. The van der Waals surface area contributed by atoms with Crippen molar-refractivity contribution in [2.75, 3.05) is 13.2 Å². The molecule has 2 amide bonds. The van der Waals surface area contributed by atoms with Crippen LogP contribution in [0.2, 0.25) is 0 Å². The van der Waals surface area contributed by atoms with E-state index in [0.29, 0.717) is 35.4 Å². The van der Waals surface area contributed by atoms with E-state index in [4.69, 9.17) is 9.47 Å². The summed E-state index contributed by atoms with van der Waals surface area (Å²) in [4.78, 5) is 37.9. The van der Waals surface area contributed by atoms with Gasteiger partial charge in [-0.25, -0.2) is 4.68 Å². The number of hydrogen-bond donors (Lipinski definition) is 2. The SMILES string of the molecule is CCCCCn1nc(C(=O)NNC(=O)COc2ccccc2OCCC)c2ccccc2c1=O. The van der Waals surface area contributed by atoms with E-state index in [1.807, 2.05) is 13.0 Å². The van der Waals surface area contributed by atoms with Gasteiger partial charge in [-0.2, -0.15) is 5.10 Å². The number of carbonyl (C=O) groups excluding carboxylic acids is 2. The number of fused-ring (bicyclic) bond motifs is 1. The number of benzene rings is 2. The number of nitrogens with zero attached hydrogens (tertiary/aromatic N) is 2. The second-order valence-corrected chi connectivity index (χ2v) is 7.72. The van der Waals surface area contributed by atoms with E-state index in [9.17, 15) is 14.4 Å². The van der Waals surface area contributed by atoms with Gasteiger partial charge in [0.15, 0.2) is 23.8 Å². The number of hydrogen-bond acceptors (Lipinski definition) is 6. The Labute approximate surface area is 198 Å². The second kappa shape index (κ2) is 12.4. The van der Waals surface area contributed by atoms with Crippen LogP contribution in [0, 0.1) is 0 Å². The molecular formula is C25H30N4O5. The molecule has 2 N–H and O–H groups in total. The first-order valence-electron chi connectivity index (χ1n) is 11.5. The Balaban J connectivity index is 1.66. The van der Waals surface area contributed by atoms with Crippen molar-refractivity contribution in [2.45, 2.75) is 46.1 Å². The molecule has 1 aromatic heterocycles. The molecule has 0 aliphatic carbocycles. The zero-order chi connectivity index (χ0) is 24.3. The molecule has 0 aliphatic rings. The van der Waals surface area contributed by atoms with Crippen LogP contribution in [-0.4, -0.2) is 34.8 Å². The van der Waals surface area contributed by atoms with E-state index < -0.39 is 11.8 Å². The van der Waals surface area contributed by atoms with Gasteiger partial charge in [0.1, 0.15) is 0 Å². The minimum Gasteiger partial charge on any atom is -0.490 e. The Kier molecular flexibility index (Phi) is 9.02. The maximum Gasteiger partial charge on any atom is 0.290 e. The minimum absolute atomic E-state index is 0.0613. The number of aryl methyl sites for hydroxylation is 1. The molecule has 34 heavy (non-hydrogen) atoms. The average Bonchev–Trinajstić information content (AvgIpc) is 2.86. The normalized spacial score (nSPS) is 10.6. The number of nitrogens with one attached hydrogen (secondary N) is 2. The van der Waals surface area contributed by atoms with Gasteiger partial charge in [-0.3, -0.25) is 25.2 Å². The third kappa shape index (κ3) is 6.34. The summed E-state index contributed by atoms with van der Waals surface area (Å²) in [5.41, 5.74) is 4.51. The molecule has 3 rings (SSSR count). The standard InChI is InChI=1S/C25H30N4O5/c1-3-5-10-15-29-25(32)19-12-7-6-11-18(19)23(28-29)24(31)27-26-22(30)17-34-21-14-9-8-13-20(21)33-16-4-2/h6-9,11-14H,3-5,10,15-17H2,1-2H3,(H,26,30)(H,27,31). The van der Waals surface area contributed by atoms with Gasteiger partial charge in [-0.15, -0.1) is 0 Å². The van der Waals surface area contributed by atoms with E-state index in [1.165, 1.54) is 4.68 Å². The van der Waals surface area contributed by atoms with Crippen LogP contribution in [0.5, 0.6) is 11.5 Å². The van der Waals surface area contributed by atoms with Crippen LogP contribution in [0.15, 0.2) is 53.3 Å². The molecule has 2 aromatic carbocycles. The van der Waals surface area contributed by atoms with Crippen LogP contribution < -0.4 is 25.9 Å². The highest BCUT2D eigenvalue weighted by Crippen LogP contribution is 2.26. The molecule has 0 aliphatic heterocycles. The van der Waals surface area contributed by atoms with E-state index in [0.717, 1.165) is 25.7 Å². The number of carbonyl (C=O) groups is 2. The fourth-order valence-corrected chi connectivity index (χ4v) is 3.33. The second-order valence-electron chi connectivity index (χ2n) is 7.72. The van der Waals surface area contributed by atoms with Crippen molar-refractivity contribution in [3.63, 3.8) is 0 Å². The summed E-state index contributed by atoms with van der Waals surface area (Å²) in [7, 11) is 0. The van der Waals surface area contributed by atoms with Crippen LogP contribution >= 0.6 is 0 Å². The van der Waals surface area contributed by atoms with Crippen LogP contribution in [-0.2, 0) is 11.3 Å². The Morgan fingerprint density at radius 3 is 2.26 bits per heavy atom. The van der Waals surface area contributed by atoms with Crippen molar-refractivity contribution in [1.82, 2.24) is 20.6 Å². The predicted molar refractivity (Wildman–Crippen MR) is 129 cm³/mol. The first-order chi connectivity index (χ1) is 16.5. The van der Waals surface area contributed by atoms with Crippen LogP contribution in [0.1, 0.15) is 50.0 Å². The first kappa shape index (κ1) is 24.8. The summed E-state index contributed by atoms with van der Waals surface area (Å²) >= 11 is 0. The maximum atomic E-state index is 12.8. The summed E-state index contributed by atoms with van der Waals surface area (Å²) in [5.74, 6) is -0.203. The van der Waals surface area contributed by atoms with Gasteiger partial charge in [0.25, 0.3) is 17.4 Å². The molecule has 180 valence electrons.